The maximum atomic E-state index is 6.25. The van der Waals surface area contributed by atoms with Gasteiger partial charge in [-0.2, -0.15) is 0 Å². The van der Waals surface area contributed by atoms with Gasteiger partial charge >= 0.3 is 0 Å². The second-order valence-electron chi connectivity index (χ2n) is 3.89. The third kappa shape index (κ3) is 3.26. The van der Waals surface area contributed by atoms with Crippen LogP contribution < -0.4 is 10.1 Å². The predicted octanol–water partition coefficient (Wildman–Crippen LogP) is 5.13. The van der Waals surface area contributed by atoms with Crippen molar-refractivity contribution in [2.75, 3.05) is 14.2 Å². The summed E-state index contributed by atoms with van der Waals surface area (Å²) in [6, 6.07) is 7.70. The van der Waals surface area contributed by atoms with E-state index < -0.39 is 0 Å². The topological polar surface area (TPSA) is 21.3 Å². The lowest BCUT2D eigenvalue weighted by Crippen LogP contribution is -2.18. The Morgan fingerprint density at radius 3 is 2.53 bits per heavy atom. The first-order chi connectivity index (χ1) is 9.06. The minimum Gasteiger partial charge on any atom is -0.496 e. The molecule has 0 aliphatic carbocycles. The first-order valence-electron chi connectivity index (χ1n) is 5.52. The van der Waals surface area contributed by atoms with Gasteiger partial charge in [-0.25, -0.2) is 0 Å². The number of rotatable bonds is 4. The standard InChI is InChI=1S/C13H12BrCl2NOS/c1-17-12(9-6-11(15)19-13(9)16)8-5-7(14)3-4-10(8)18-2/h3-6,12,17H,1-2H3. The van der Waals surface area contributed by atoms with Gasteiger partial charge in [-0.05, 0) is 31.3 Å². The molecule has 19 heavy (non-hydrogen) atoms. The van der Waals surface area contributed by atoms with Crippen molar-refractivity contribution in [2.24, 2.45) is 0 Å². The minimum absolute atomic E-state index is 0.0660. The van der Waals surface area contributed by atoms with E-state index in [1.807, 2.05) is 31.3 Å². The van der Waals surface area contributed by atoms with E-state index in [9.17, 15) is 0 Å². The lowest BCUT2D eigenvalue weighted by Gasteiger charge is -2.19. The summed E-state index contributed by atoms with van der Waals surface area (Å²) in [5, 5.41) is 3.25. The molecule has 1 N–H and O–H groups in total. The highest BCUT2D eigenvalue weighted by Gasteiger charge is 2.21. The van der Waals surface area contributed by atoms with E-state index in [-0.39, 0.29) is 6.04 Å². The molecule has 1 atom stereocenters. The highest BCUT2D eigenvalue weighted by Crippen LogP contribution is 2.40. The van der Waals surface area contributed by atoms with Crippen molar-refractivity contribution >= 4 is 50.5 Å². The fourth-order valence-electron chi connectivity index (χ4n) is 1.96. The van der Waals surface area contributed by atoms with E-state index in [1.54, 1.807) is 7.11 Å². The average Bonchev–Trinajstić information content (AvgIpc) is 2.70. The fourth-order valence-corrected chi connectivity index (χ4v) is 3.87. The third-order valence-corrected chi connectivity index (χ3v) is 4.80. The van der Waals surface area contributed by atoms with Gasteiger partial charge < -0.3 is 10.1 Å². The molecule has 6 heteroatoms. The Bertz CT molecular complexity index is 588. The molecule has 0 aliphatic heterocycles. The summed E-state index contributed by atoms with van der Waals surface area (Å²) in [5.74, 6) is 0.806. The largest absolute Gasteiger partial charge is 0.496 e. The van der Waals surface area contributed by atoms with Gasteiger partial charge in [0.05, 0.1) is 21.8 Å². The molecule has 0 bridgehead atoms. The highest BCUT2D eigenvalue weighted by atomic mass is 79.9. The van der Waals surface area contributed by atoms with Crippen molar-refractivity contribution in [3.05, 3.63) is 48.5 Å². The van der Waals surface area contributed by atoms with Crippen LogP contribution in [0.25, 0.3) is 0 Å². The molecule has 1 heterocycles. The van der Waals surface area contributed by atoms with Crippen LogP contribution in [0.3, 0.4) is 0 Å². The van der Waals surface area contributed by atoms with Crippen LogP contribution in [0.1, 0.15) is 17.2 Å². The van der Waals surface area contributed by atoms with Crippen molar-refractivity contribution in [3.63, 3.8) is 0 Å². The molecule has 1 aromatic heterocycles. The summed E-state index contributed by atoms with van der Waals surface area (Å²) >= 11 is 17.1. The smallest absolute Gasteiger partial charge is 0.124 e. The molecule has 0 spiro atoms. The van der Waals surface area contributed by atoms with Gasteiger partial charge in [0, 0.05) is 15.6 Å². The summed E-state index contributed by atoms with van der Waals surface area (Å²) in [6.07, 6.45) is 0. The van der Waals surface area contributed by atoms with Crippen molar-refractivity contribution in [1.29, 1.82) is 0 Å². The van der Waals surface area contributed by atoms with Crippen LogP contribution in [0.2, 0.25) is 8.67 Å². The van der Waals surface area contributed by atoms with Gasteiger partial charge in [0.25, 0.3) is 0 Å². The quantitative estimate of drug-likeness (QED) is 0.793. The lowest BCUT2D eigenvalue weighted by atomic mass is 10.0. The summed E-state index contributed by atoms with van der Waals surface area (Å²) in [4.78, 5) is 0. The van der Waals surface area contributed by atoms with Crippen LogP contribution in [0.4, 0.5) is 0 Å². The molecule has 2 aromatic rings. The van der Waals surface area contributed by atoms with Crippen LogP contribution in [0.5, 0.6) is 5.75 Å². The predicted molar refractivity (Wildman–Crippen MR) is 85.9 cm³/mol. The third-order valence-electron chi connectivity index (χ3n) is 2.79. The highest BCUT2D eigenvalue weighted by molar-refractivity contribution is 9.10. The molecule has 0 fully saturated rings. The zero-order valence-corrected chi connectivity index (χ0v) is 14.3. The molecule has 0 saturated carbocycles. The molecular weight excluding hydrogens is 369 g/mol. The van der Waals surface area contributed by atoms with Crippen LogP contribution >= 0.6 is 50.5 Å². The number of benzene rings is 1. The number of hydrogen-bond donors (Lipinski definition) is 1. The summed E-state index contributed by atoms with van der Waals surface area (Å²) in [7, 11) is 3.54. The molecule has 2 rings (SSSR count). The van der Waals surface area contributed by atoms with Crippen molar-refractivity contribution in [1.82, 2.24) is 5.32 Å². The number of ether oxygens (including phenoxy) is 1. The van der Waals surface area contributed by atoms with E-state index in [4.69, 9.17) is 27.9 Å². The molecule has 0 saturated heterocycles. The zero-order valence-electron chi connectivity index (χ0n) is 10.3. The molecule has 1 unspecified atom stereocenters. The normalized spacial score (nSPS) is 12.5. The zero-order chi connectivity index (χ0) is 14.0. The van der Waals surface area contributed by atoms with Gasteiger partial charge in [-0.1, -0.05) is 39.1 Å². The molecule has 2 nitrogen and oxygen atoms in total. The number of hydrogen-bond acceptors (Lipinski definition) is 3. The van der Waals surface area contributed by atoms with E-state index in [0.29, 0.717) is 8.67 Å². The van der Waals surface area contributed by atoms with Crippen LogP contribution in [0, 0.1) is 0 Å². The number of halogens is 3. The molecule has 1 aromatic carbocycles. The second kappa shape index (κ2) is 6.46. The van der Waals surface area contributed by atoms with Gasteiger partial charge in [-0.15, -0.1) is 11.3 Å². The van der Waals surface area contributed by atoms with Gasteiger partial charge in [-0.3, -0.25) is 0 Å². The summed E-state index contributed by atoms with van der Waals surface area (Å²) in [6.45, 7) is 0. The minimum atomic E-state index is -0.0660. The monoisotopic (exact) mass is 379 g/mol. The van der Waals surface area contributed by atoms with Crippen LogP contribution in [-0.2, 0) is 0 Å². The lowest BCUT2D eigenvalue weighted by molar-refractivity contribution is 0.405. The number of methoxy groups -OCH3 is 1. The average molecular weight is 381 g/mol. The SMILES string of the molecule is CNC(c1cc(Br)ccc1OC)c1cc(Cl)sc1Cl. The first-order valence-corrected chi connectivity index (χ1v) is 7.88. The van der Waals surface area contributed by atoms with E-state index >= 15 is 0 Å². The number of thiophene rings is 1. The van der Waals surface area contributed by atoms with Gasteiger partial charge in [0.15, 0.2) is 0 Å². The Labute approximate surface area is 134 Å². The van der Waals surface area contributed by atoms with Crippen LogP contribution in [0.15, 0.2) is 28.7 Å². The maximum absolute atomic E-state index is 6.25. The van der Waals surface area contributed by atoms with E-state index in [2.05, 4.69) is 21.2 Å². The molecule has 102 valence electrons. The van der Waals surface area contributed by atoms with Crippen molar-refractivity contribution < 1.29 is 4.74 Å². The summed E-state index contributed by atoms with van der Waals surface area (Å²) < 4.78 is 7.77. The Balaban J connectivity index is 2.53. The first kappa shape index (κ1) is 15.1. The Kier molecular flexibility index (Phi) is 5.15. The molecular formula is C13H12BrCl2NOS. The van der Waals surface area contributed by atoms with Crippen molar-refractivity contribution in [3.8, 4) is 5.75 Å². The van der Waals surface area contributed by atoms with E-state index in [1.165, 1.54) is 11.3 Å². The fraction of sp³-hybridized carbons (Fsp3) is 0.231. The van der Waals surface area contributed by atoms with Crippen molar-refractivity contribution in [2.45, 2.75) is 6.04 Å². The Morgan fingerprint density at radius 1 is 1.26 bits per heavy atom. The molecule has 0 radical (unpaired) electrons. The molecule has 0 amide bonds. The summed E-state index contributed by atoms with van der Waals surface area (Å²) in [5.41, 5.74) is 1.96. The van der Waals surface area contributed by atoms with Gasteiger partial charge in [0.2, 0.25) is 0 Å². The second-order valence-corrected chi connectivity index (χ2v) is 7.09. The van der Waals surface area contributed by atoms with Crippen LogP contribution in [-0.4, -0.2) is 14.2 Å². The molecule has 0 aliphatic rings. The Hall–Kier alpha value is -0.260. The van der Waals surface area contributed by atoms with Gasteiger partial charge in [0.1, 0.15) is 5.75 Å². The number of nitrogens with one attached hydrogen (secondary N) is 1. The Morgan fingerprint density at radius 2 is 2.00 bits per heavy atom. The maximum Gasteiger partial charge on any atom is 0.124 e. The van der Waals surface area contributed by atoms with E-state index in [0.717, 1.165) is 21.3 Å².